The van der Waals surface area contributed by atoms with Crippen molar-refractivity contribution in [3.05, 3.63) is 107 Å². The zero-order valence-corrected chi connectivity index (χ0v) is 25.1. The van der Waals surface area contributed by atoms with Crippen molar-refractivity contribution in [3.63, 3.8) is 0 Å². The van der Waals surface area contributed by atoms with Crippen molar-refractivity contribution < 1.29 is 14.3 Å². The molecule has 0 saturated carbocycles. The largest absolute Gasteiger partial charge is 0.493 e. The van der Waals surface area contributed by atoms with E-state index in [-0.39, 0.29) is 6.61 Å². The summed E-state index contributed by atoms with van der Waals surface area (Å²) in [6.07, 6.45) is 1.53. The Labute approximate surface area is 249 Å². The van der Waals surface area contributed by atoms with Crippen LogP contribution < -0.4 is 14.9 Å². The molecule has 0 aliphatic rings. The van der Waals surface area contributed by atoms with E-state index in [0.29, 0.717) is 37.7 Å². The number of nitrogens with one attached hydrogen (secondary N) is 1. The first-order valence-electron chi connectivity index (χ1n) is 11.4. The molecule has 1 heterocycles. The number of aromatic nitrogens is 1. The zero-order chi connectivity index (χ0) is 27.4. The number of hydrogen-bond donors (Lipinski definition) is 1. The van der Waals surface area contributed by atoms with E-state index in [4.69, 9.17) is 44.3 Å². The van der Waals surface area contributed by atoms with E-state index in [9.17, 15) is 4.79 Å². The molecule has 1 amide bonds. The predicted octanol–water partition coefficient (Wildman–Crippen LogP) is 8.01. The third-order valence-corrected chi connectivity index (χ3v) is 7.45. The van der Waals surface area contributed by atoms with Gasteiger partial charge in [-0.15, -0.1) is 0 Å². The molecule has 1 aromatic heterocycles. The molecule has 0 spiro atoms. The minimum atomic E-state index is -0.416. The van der Waals surface area contributed by atoms with Crippen LogP contribution in [0.3, 0.4) is 0 Å². The zero-order valence-electron chi connectivity index (χ0n) is 20.7. The van der Waals surface area contributed by atoms with Crippen LogP contribution in [-0.2, 0) is 6.61 Å². The molecule has 0 aliphatic heterocycles. The number of hydrogen-bond acceptors (Lipinski definition) is 4. The van der Waals surface area contributed by atoms with Gasteiger partial charge in [0.05, 0.1) is 27.5 Å². The second-order valence-corrected chi connectivity index (χ2v) is 10.8. The van der Waals surface area contributed by atoms with E-state index in [1.54, 1.807) is 37.4 Å². The molecular formula is C28H23Cl3IN3O3. The third kappa shape index (κ3) is 6.46. The molecule has 3 aromatic carbocycles. The summed E-state index contributed by atoms with van der Waals surface area (Å²) in [4.78, 5) is 12.7. The number of amides is 1. The molecule has 4 aromatic rings. The van der Waals surface area contributed by atoms with Crippen LogP contribution in [-0.4, -0.2) is 23.8 Å². The molecular weight excluding hydrogens is 660 g/mol. The van der Waals surface area contributed by atoms with Crippen LogP contribution in [0, 0.1) is 17.4 Å². The number of ether oxygens (including phenoxy) is 2. The number of nitrogens with zero attached hydrogens (tertiary/aromatic N) is 2. The first kappa shape index (κ1) is 28.3. The van der Waals surface area contributed by atoms with Crippen LogP contribution in [0.5, 0.6) is 11.5 Å². The highest BCUT2D eigenvalue weighted by Gasteiger charge is 2.14. The topological polar surface area (TPSA) is 64.8 Å². The number of hydrazone groups is 1. The molecule has 6 nitrogen and oxygen atoms in total. The third-order valence-electron chi connectivity index (χ3n) is 5.75. The SMILES string of the molecule is COc1cc(/C=N\NC(=O)c2ccc(-n3c(C)ccc3C)cc2Cl)cc(I)c1OCc1ccc(Cl)cc1Cl. The van der Waals surface area contributed by atoms with E-state index in [0.717, 1.165) is 26.2 Å². The van der Waals surface area contributed by atoms with Crippen molar-refractivity contribution in [3.8, 4) is 17.2 Å². The van der Waals surface area contributed by atoms with Crippen molar-refractivity contribution in [2.75, 3.05) is 7.11 Å². The van der Waals surface area contributed by atoms with Crippen LogP contribution in [0.4, 0.5) is 0 Å². The number of methoxy groups -OCH3 is 1. The lowest BCUT2D eigenvalue weighted by atomic mass is 10.2. The fraction of sp³-hybridized carbons (Fsp3) is 0.143. The maximum absolute atomic E-state index is 12.7. The lowest BCUT2D eigenvalue weighted by Gasteiger charge is -2.14. The minimum Gasteiger partial charge on any atom is -0.493 e. The number of halogens is 4. The Balaban J connectivity index is 1.45. The van der Waals surface area contributed by atoms with Crippen LogP contribution in [0.25, 0.3) is 5.69 Å². The summed E-state index contributed by atoms with van der Waals surface area (Å²) in [6, 6.07) is 18.2. The molecule has 4 rings (SSSR count). The van der Waals surface area contributed by atoms with Gasteiger partial charge in [-0.1, -0.05) is 40.9 Å². The van der Waals surface area contributed by atoms with Crippen molar-refractivity contribution >= 4 is 69.5 Å². The lowest BCUT2D eigenvalue weighted by molar-refractivity contribution is 0.0955. The average molecular weight is 683 g/mol. The summed E-state index contributed by atoms with van der Waals surface area (Å²) >= 11 is 20.8. The Hall–Kier alpha value is -2.72. The highest BCUT2D eigenvalue weighted by Crippen LogP contribution is 2.35. The molecule has 0 fully saturated rings. The highest BCUT2D eigenvalue weighted by molar-refractivity contribution is 14.1. The summed E-state index contributed by atoms with van der Waals surface area (Å²) in [7, 11) is 1.55. The Bertz CT molecular complexity index is 1520. The summed E-state index contributed by atoms with van der Waals surface area (Å²) in [6.45, 7) is 4.27. The van der Waals surface area contributed by atoms with E-state index in [2.05, 4.69) is 37.7 Å². The second kappa shape index (κ2) is 12.4. The summed E-state index contributed by atoms with van der Waals surface area (Å²) in [5.41, 5.74) is 7.41. The van der Waals surface area contributed by atoms with Gasteiger partial charge in [-0.3, -0.25) is 4.79 Å². The Morgan fingerprint density at radius 1 is 1.00 bits per heavy atom. The van der Waals surface area contributed by atoms with Crippen LogP contribution in [0.1, 0.15) is 32.9 Å². The molecule has 38 heavy (non-hydrogen) atoms. The van der Waals surface area contributed by atoms with Crippen LogP contribution in [0.15, 0.2) is 65.8 Å². The van der Waals surface area contributed by atoms with Gasteiger partial charge in [0.1, 0.15) is 6.61 Å². The molecule has 0 bridgehead atoms. The van der Waals surface area contributed by atoms with Gasteiger partial charge in [0.2, 0.25) is 0 Å². The molecule has 0 unspecified atom stereocenters. The Kier molecular flexibility index (Phi) is 9.25. The number of aryl methyl sites for hydroxylation is 2. The minimum absolute atomic E-state index is 0.245. The molecule has 0 aliphatic carbocycles. The van der Waals surface area contributed by atoms with E-state index >= 15 is 0 Å². The summed E-state index contributed by atoms with van der Waals surface area (Å²) in [5, 5.41) is 5.52. The highest BCUT2D eigenvalue weighted by atomic mass is 127. The fourth-order valence-corrected chi connectivity index (χ4v) is 5.38. The molecule has 196 valence electrons. The van der Waals surface area contributed by atoms with Gasteiger partial charge in [-0.2, -0.15) is 5.10 Å². The van der Waals surface area contributed by atoms with Gasteiger partial charge in [-0.25, -0.2) is 5.43 Å². The number of benzene rings is 3. The second-order valence-electron chi connectivity index (χ2n) is 8.37. The normalized spacial score (nSPS) is 11.1. The Morgan fingerprint density at radius 2 is 1.74 bits per heavy atom. The van der Waals surface area contributed by atoms with Gasteiger partial charge in [0, 0.05) is 32.7 Å². The predicted molar refractivity (Wildman–Crippen MR) is 162 cm³/mol. The number of carbonyl (C=O) groups excluding carboxylic acids is 1. The van der Waals surface area contributed by atoms with Crippen molar-refractivity contribution in [2.45, 2.75) is 20.5 Å². The molecule has 0 saturated heterocycles. The Morgan fingerprint density at radius 3 is 2.39 bits per heavy atom. The van der Waals surface area contributed by atoms with Crippen LogP contribution in [0.2, 0.25) is 15.1 Å². The van der Waals surface area contributed by atoms with E-state index in [1.165, 1.54) is 6.21 Å². The molecule has 0 atom stereocenters. The maximum atomic E-state index is 12.7. The maximum Gasteiger partial charge on any atom is 0.272 e. The summed E-state index contributed by atoms with van der Waals surface area (Å²) in [5.74, 6) is 0.671. The monoisotopic (exact) mass is 681 g/mol. The van der Waals surface area contributed by atoms with Crippen molar-refractivity contribution in [1.82, 2.24) is 9.99 Å². The van der Waals surface area contributed by atoms with Gasteiger partial charge in [-0.05, 0) is 96.6 Å². The lowest BCUT2D eigenvalue weighted by Crippen LogP contribution is -2.18. The van der Waals surface area contributed by atoms with Crippen molar-refractivity contribution in [2.24, 2.45) is 5.10 Å². The molecule has 0 radical (unpaired) electrons. The number of rotatable bonds is 8. The van der Waals surface area contributed by atoms with Gasteiger partial charge in [0.15, 0.2) is 11.5 Å². The first-order valence-corrected chi connectivity index (χ1v) is 13.6. The van der Waals surface area contributed by atoms with Gasteiger partial charge < -0.3 is 14.0 Å². The smallest absolute Gasteiger partial charge is 0.272 e. The first-order chi connectivity index (χ1) is 18.2. The fourth-order valence-electron chi connectivity index (χ4n) is 3.87. The number of carbonyl (C=O) groups is 1. The quantitative estimate of drug-likeness (QED) is 0.116. The van der Waals surface area contributed by atoms with Gasteiger partial charge >= 0.3 is 0 Å². The standard InChI is InChI=1S/C28H23Cl3IN3O3/c1-16-4-5-17(2)35(16)21-8-9-22(24(31)13-21)28(36)34-33-14-18-10-25(32)27(26(11-18)37-3)38-15-19-6-7-20(29)12-23(19)30/h4-14H,15H2,1-3H3,(H,34,36)/b33-14-. The van der Waals surface area contributed by atoms with Crippen LogP contribution >= 0.6 is 57.4 Å². The summed E-state index contributed by atoms with van der Waals surface area (Å²) < 4.78 is 14.4. The van der Waals surface area contributed by atoms with Gasteiger partial charge in [0.25, 0.3) is 5.91 Å². The van der Waals surface area contributed by atoms with E-state index < -0.39 is 5.91 Å². The average Bonchev–Trinajstić information content (AvgIpc) is 3.21. The van der Waals surface area contributed by atoms with E-state index in [1.807, 2.05) is 44.2 Å². The van der Waals surface area contributed by atoms with Crippen molar-refractivity contribution in [1.29, 1.82) is 0 Å². The molecule has 1 N–H and O–H groups in total. The molecule has 10 heteroatoms.